The van der Waals surface area contributed by atoms with Crippen molar-refractivity contribution in [3.8, 4) is 0 Å². The second kappa shape index (κ2) is 21.1. The second-order valence-electron chi connectivity index (χ2n) is 14.5. The number of rotatable bonds is 17. The van der Waals surface area contributed by atoms with Gasteiger partial charge in [-0.2, -0.15) is 0 Å². The summed E-state index contributed by atoms with van der Waals surface area (Å²) >= 11 is 1.05. The summed E-state index contributed by atoms with van der Waals surface area (Å²) in [6, 6.07) is 15.9. The van der Waals surface area contributed by atoms with Crippen LogP contribution in [0.1, 0.15) is 42.3 Å². The van der Waals surface area contributed by atoms with Gasteiger partial charge in [-0.15, -0.1) is 11.8 Å². The Kier molecular flexibility index (Phi) is 15.7. The summed E-state index contributed by atoms with van der Waals surface area (Å²) in [4.78, 5) is 91.3. The van der Waals surface area contributed by atoms with Crippen LogP contribution in [0.25, 0.3) is 10.9 Å². The number of carboxylic acids is 1. The molecule has 0 aliphatic carbocycles. The number of hydrogen-bond acceptors (Lipinski definition) is 11. The molecule has 5 amide bonds. The number of halogens is 1. The maximum Gasteiger partial charge on any atom is 0.410 e. The number of nitrogens with zero attached hydrogens (tertiary/aromatic N) is 3. The van der Waals surface area contributed by atoms with E-state index in [1.807, 2.05) is 6.07 Å². The van der Waals surface area contributed by atoms with Crippen LogP contribution in [-0.4, -0.2) is 100 Å². The number of pyridine rings is 1. The lowest BCUT2D eigenvalue weighted by atomic mass is 10.0. The van der Waals surface area contributed by atoms with E-state index < -0.39 is 64.8 Å². The van der Waals surface area contributed by atoms with E-state index in [1.54, 1.807) is 78.8 Å². The SMILES string of the molecule is CCn1cc(C(=O)O)c(=O)c2cc(F)c(N3CCN(C(=O)OCc4ccc(NC(=O)C(CSCC(N)=O)NC(=O)C(NC(=O)OCc5ccccc5)C(C)C)cc4)CC3)cc21. The van der Waals surface area contributed by atoms with E-state index in [0.29, 0.717) is 23.3 Å². The number of nitrogens with two attached hydrogens (primary N) is 1. The average Bonchev–Trinajstić information content (AvgIpc) is 3.24. The molecule has 5 rings (SSSR count). The number of nitrogens with one attached hydrogen (secondary N) is 3. The molecule has 4 aromatic rings. The van der Waals surface area contributed by atoms with E-state index >= 15 is 4.39 Å². The number of anilines is 2. The predicted octanol–water partition coefficient (Wildman–Crippen LogP) is 3.91. The average molecular weight is 862 g/mol. The number of piperazine rings is 1. The Hall–Kier alpha value is -6.63. The Labute approximate surface area is 354 Å². The molecule has 2 heterocycles. The van der Waals surface area contributed by atoms with Crippen molar-refractivity contribution in [3.05, 3.63) is 106 Å². The van der Waals surface area contributed by atoms with Crippen LogP contribution in [0.15, 0.2) is 77.7 Å². The van der Waals surface area contributed by atoms with Gasteiger partial charge in [-0.3, -0.25) is 19.2 Å². The number of aromatic nitrogens is 1. The van der Waals surface area contributed by atoms with Gasteiger partial charge in [0, 0.05) is 55.7 Å². The third-order valence-corrected chi connectivity index (χ3v) is 10.8. The zero-order valence-corrected chi connectivity index (χ0v) is 34.7. The normalized spacial score (nSPS) is 13.6. The van der Waals surface area contributed by atoms with Gasteiger partial charge >= 0.3 is 18.2 Å². The number of aryl methyl sites for hydroxylation is 1. The molecule has 2 unspecified atom stereocenters. The van der Waals surface area contributed by atoms with Gasteiger partial charge in [0.05, 0.1) is 17.0 Å². The minimum Gasteiger partial charge on any atom is -0.477 e. The molecular weight excluding hydrogens is 814 g/mol. The number of carboxylic acid groups (broad SMARTS) is 1. The zero-order valence-electron chi connectivity index (χ0n) is 33.9. The van der Waals surface area contributed by atoms with Gasteiger partial charge in [-0.25, -0.2) is 18.8 Å². The van der Waals surface area contributed by atoms with Crippen molar-refractivity contribution in [2.24, 2.45) is 11.7 Å². The van der Waals surface area contributed by atoms with Crippen molar-refractivity contribution in [1.29, 1.82) is 0 Å². The smallest absolute Gasteiger partial charge is 0.410 e. The number of aromatic carboxylic acids is 1. The summed E-state index contributed by atoms with van der Waals surface area (Å²) in [5, 5.41) is 17.4. The Bertz CT molecular complexity index is 2300. The lowest BCUT2D eigenvalue weighted by molar-refractivity contribution is -0.128. The van der Waals surface area contributed by atoms with Crippen molar-refractivity contribution >= 4 is 69.9 Å². The van der Waals surface area contributed by atoms with Crippen molar-refractivity contribution in [2.75, 3.05) is 47.9 Å². The first-order valence-corrected chi connectivity index (χ1v) is 20.6. The van der Waals surface area contributed by atoms with Gasteiger partial charge in [-0.1, -0.05) is 56.3 Å². The highest BCUT2D eigenvalue weighted by molar-refractivity contribution is 8.00. The van der Waals surface area contributed by atoms with Gasteiger partial charge in [0.2, 0.25) is 23.2 Å². The highest BCUT2D eigenvalue weighted by Gasteiger charge is 2.30. The zero-order chi connectivity index (χ0) is 44.2. The van der Waals surface area contributed by atoms with Crippen LogP contribution in [-0.2, 0) is 43.6 Å². The fraction of sp³-hybridized carbons (Fsp3) is 0.357. The number of fused-ring (bicyclic) bond motifs is 1. The molecule has 1 aromatic heterocycles. The molecule has 1 saturated heterocycles. The van der Waals surface area contributed by atoms with E-state index in [0.717, 1.165) is 23.4 Å². The molecule has 0 radical (unpaired) electrons. The van der Waals surface area contributed by atoms with Crippen LogP contribution < -0.4 is 32.0 Å². The summed E-state index contributed by atoms with van der Waals surface area (Å²) in [5.74, 6) is -4.36. The number of thioether (sulfide) groups is 1. The first-order valence-electron chi connectivity index (χ1n) is 19.4. The molecule has 0 saturated carbocycles. The minimum atomic E-state index is -1.39. The standard InChI is InChI=1S/C42H48FN7O10S/c1-4-48-20-30(40(55)56)37(52)29-18-31(43)34(19-33(29)48)49-14-16-50(17-15-49)42(58)60-22-27-10-12-28(13-11-27)45-38(53)32(23-61-24-35(44)51)46-39(54)36(25(2)3)47-41(57)59-21-26-8-6-5-7-9-26/h5-13,18-20,25,32,36H,4,14-17,21-24H2,1-3H3,(H2,44,51)(H,45,53)(H,46,54)(H,47,57)(H,55,56). The molecule has 324 valence electrons. The number of carbonyl (C=O) groups excluding carboxylic acids is 5. The Morgan fingerprint density at radius 3 is 2.16 bits per heavy atom. The molecule has 0 spiro atoms. The van der Waals surface area contributed by atoms with E-state index in [1.165, 1.54) is 17.2 Å². The summed E-state index contributed by atoms with van der Waals surface area (Å²) in [6.07, 6.45) is -0.141. The van der Waals surface area contributed by atoms with Crippen molar-refractivity contribution in [2.45, 2.75) is 52.6 Å². The fourth-order valence-corrected chi connectivity index (χ4v) is 7.27. The molecule has 1 aliphatic rings. The van der Waals surface area contributed by atoms with Crippen LogP contribution in [0.5, 0.6) is 0 Å². The molecule has 17 nitrogen and oxygen atoms in total. The lowest BCUT2D eigenvalue weighted by Crippen LogP contribution is -2.55. The molecule has 3 aromatic carbocycles. The van der Waals surface area contributed by atoms with Crippen LogP contribution >= 0.6 is 11.8 Å². The highest BCUT2D eigenvalue weighted by atomic mass is 32.2. The topological polar surface area (TPSA) is 232 Å². The number of benzene rings is 3. The Morgan fingerprint density at radius 1 is 0.885 bits per heavy atom. The van der Waals surface area contributed by atoms with Crippen LogP contribution in [0.4, 0.5) is 25.4 Å². The van der Waals surface area contributed by atoms with Gasteiger partial charge < -0.3 is 50.6 Å². The summed E-state index contributed by atoms with van der Waals surface area (Å²) in [6.45, 7) is 6.49. The number of amides is 5. The molecule has 61 heavy (non-hydrogen) atoms. The highest BCUT2D eigenvalue weighted by Crippen LogP contribution is 2.27. The molecule has 1 fully saturated rings. The third kappa shape index (κ3) is 12.2. The van der Waals surface area contributed by atoms with Crippen molar-refractivity contribution in [1.82, 2.24) is 20.1 Å². The van der Waals surface area contributed by atoms with Gasteiger partial charge in [0.25, 0.3) is 0 Å². The molecular formula is C42H48FN7O10S. The number of primary amides is 1. The summed E-state index contributed by atoms with van der Waals surface area (Å²) in [7, 11) is 0. The predicted molar refractivity (Wildman–Crippen MR) is 227 cm³/mol. The first kappa shape index (κ1) is 45.5. The van der Waals surface area contributed by atoms with Gasteiger partial charge in [-0.05, 0) is 48.2 Å². The lowest BCUT2D eigenvalue weighted by Gasteiger charge is -2.35. The molecule has 19 heteroatoms. The Morgan fingerprint density at radius 2 is 1.54 bits per heavy atom. The molecule has 6 N–H and O–H groups in total. The molecule has 2 atom stereocenters. The van der Waals surface area contributed by atoms with E-state index in [-0.39, 0.29) is 67.9 Å². The number of carbonyl (C=O) groups is 6. The maximum absolute atomic E-state index is 15.3. The monoisotopic (exact) mass is 861 g/mol. The molecule has 0 bridgehead atoms. The van der Waals surface area contributed by atoms with E-state index in [9.17, 15) is 38.7 Å². The van der Waals surface area contributed by atoms with Crippen LogP contribution in [0.2, 0.25) is 0 Å². The largest absolute Gasteiger partial charge is 0.477 e. The van der Waals surface area contributed by atoms with Crippen molar-refractivity contribution < 1.29 is 47.7 Å². The summed E-state index contributed by atoms with van der Waals surface area (Å²) < 4.78 is 27.7. The molecule has 1 aliphatic heterocycles. The number of alkyl carbamates (subject to hydrolysis) is 1. The fourth-order valence-electron chi connectivity index (χ4n) is 6.48. The maximum atomic E-state index is 15.3. The number of hydrogen-bond donors (Lipinski definition) is 5. The first-order chi connectivity index (χ1) is 29.1. The minimum absolute atomic E-state index is 0.000237. The van der Waals surface area contributed by atoms with Crippen LogP contribution in [0.3, 0.4) is 0 Å². The van der Waals surface area contributed by atoms with Gasteiger partial charge in [0.15, 0.2) is 0 Å². The second-order valence-corrected chi connectivity index (χ2v) is 15.5. The van der Waals surface area contributed by atoms with E-state index in [4.69, 9.17) is 15.2 Å². The van der Waals surface area contributed by atoms with Gasteiger partial charge in [0.1, 0.15) is 36.7 Å². The van der Waals surface area contributed by atoms with E-state index in [2.05, 4.69) is 16.0 Å². The third-order valence-electron chi connectivity index (χ3n) is 9.78. The van der Waals surface area contributed by atoms with Crippen molar-refractivity contribution in [3.63, 3.8) is 0 Å². The van der Waals surface area contributed by atoms with Crippen LogP contribution in [0, 0.1) is 11.7 Å². The Balaban J connectivity index is 1.13. The number of ether oxygens (including phenoxy) is 2. The quantitative estimate of drug-likeness (QED) is 0.102. The summed E-state index contributed by atoms with van der Waals surface area (Å²) in [5.41, 5.74) is 6.45.